The molecule has 1 N–H and O–H groups in total. The summed E-state index contributed by atoms with van der Waals surface area (Å²) >= 11 is 0. The van der Waals surface area contributed by atoms with Gasteiger partial charge in [-0.1, -0.05) is 35.9 Å². The molecule has 2 aromatic carbocycles. The molecule has 0 radical (unpaired) electrons. The van der Waals surface area contributed by atoms with Gasteiger partial charge in [0.1, 0.15) is 11.4 Å². The van der Waals surface area contributed by atoms with E-state index < -0.39 is 0 Å². The van der Waals surface area contributed by atoms with Crippen LogP contribution in [-0.2, 0) is 0 Å². The van der Waals surface area contributed by atoms with Crippen molar-refractivity contribution in [3.63, 3.8) is 0 Å². The number of pyridine rings is 1. The van der Waals surface area contributed by atoms with E-state index in [4.69, 9.17) is 4.74 Å². The van der Waals surface area contributed by atoms with Gasteiger partial charge in [-0.25, -0.2) is 4.98 Å². The van der Waals surface area contributed by atoms with Gasteiger partial charge in [-0.3, -0.25) is 4.40 Å². The number of aromatic nitrogens is 2. The zero-order valence-electron chi connectivity index (χ0n) is 15.0. The molecule has 6 nitrogen and oxygen atoms in total. The summed E-state index contributed by atoms with van der Waals surface area (Å²) in [7, 11) is 1.61. The van der Waals surface area contributed by atoms with Crippen LogP contribution < -0.4 is 4.74 Å². The maximum absolute atomic E-state index is 10.2. The van der Waals surface area contributed by atoms with Crippen LogP contribution in [0.2, 0.25) is 0 Å². The molecule has 0 saturated heterocycles. The Morgan fingerprint density at radius 3 is 2.59 bits per heavy atom. The van der Waals surface area contributed by atoms with Crippen LogP contribution in [0.15, 0.2) is 77.1 Å². The van der Waals surface area contributed by atoms with E-state index in [1.54, 1.807) is 35.9 Å². The highest BCUT2D eigenvalue weighted by molar-refractivity contribution is 5.76. The molecule has 134 valence electrons. The number of imidazole rings is 1. The third-order valence-corrected chi connectivity index (χ3v) is 4.24. The van der Waals surface area contributed by atoms with Crippen molar-refractivity contribution < 1.29 is 9.84 Å². The summed E-state index contributed by atoms with van der Waals surface area (Å²) in [5.41, 5.74) is 3.82. The highest BCUT2D eigenvalue weighted by Gasteiger charge is 2.16. The van der Waals surface area contributed by atoms with E-state index in [0.29, 0.717) is 28.6 Å². The molecule has 4 aromatic rings. The van der Waals surface area contributed by atoms with Crippen LogP contribution in [0.1, 0.15) is 5.56 Å². The van der Waals surface area contributed by atoms with E-state index in [2.05, 4.69) is 15.2 Å². The molecule has 6 heteroatoms. The van der Waals surface area contributed by atoms with E-state index in [1.807, 2.05) is 49.4 Å². The van der Waals surface area contributed by atoms with E-state index >= 15 is 0 Å². The number of rotatable bonds is 4. The summed E-state index contributed by atoms with van der Waals surface area (Å²) in [5, 5.41) is 19.0. The van der Waals surface area contributed by atoms with Crippen molar-refractivity contribution in [1.29, 1.82) is 0 Å². The molecule has 0 amide bonds. The fourth-order valence-corrected chi connectivity index (χ4v) is 2.82. The summed E-state index contributed by atoms with van der Waals surface area (Å²) in [4.78, 5) is 4.59. The zero-order valence-corrected chi connectivity index (χ0v) is 15.0. The Labute approximate surface area is 156 Å². The van der Waals surface area contributed by atoms with E-state index in [-0.39, 0.29) is 5.75 Å². The number of hydrogen-bond donors (Lipinski definition) is 1. The molecule has 0 fully saturated rings. The van der Waals surface area contributed by atoms with Gasteiger partial charge in [-0.2, -0.15) is 0 Å². The molecule has 2 aromatic heterocycles. The van der Waals surface area contributed by atoms with E-state index in [9.17, 15) is 5.11 Å². The summed E-state index contributed by atoms with van der Waals surface area (Å²) in [6.45, 7) is 2.03. The van der Waals surface area contributed by atoms with Crippen LogP contribution in [0.4, 0.5) is 11.5 Å². The second-order valence-electron chi connectivity index (χ2n) is 6.14. The number of nitrogens with zero attached hydrogens (tertiary/aromatic N) is 4. The molecule has 0 unspecified atom stereocenters. The Morgan fingerprint density at radius 1 is 1.00 bits per heavy atom. The highest BCUT2D eigenvalue weighted by Crippen LogP contribution is 2.35. The first-order valence-electron chi connectivity index (χ1n) is 8.48. The van der Waals surface area contributed by atoms with Gasteiger partial charge < -0.3 is 9.84 Å². The van der Waals surface area contributed by atoms with Gasteiger partial charge >= 0.3 is 0 Å². The van der Waals surface area contributed by atoms with Gasteiger partial charge in [0, 0.05) is 17.8 Å². The summed E-state index contributed by atoms with van der Waals surface area (Å²) in [5.74, 6) is 1.35. The molecule has 0 saturated carbocycles. The number of benzene rings is 2. The minimum atomic E-state index is 0.0914. The molecule has 27 heavy (non-hydrogen) atoms. The Bertz CT molecular complexity index is 1130. The minimum absolute atomic E-state index is 0.0914. The normalized spacial score (nSPS) is 11.3. The second-order valence-corrected chi connectivity index (χ2v) is 6.14. The monoisotopic (exact) mass is 358 g/mol. The average molecular weight is 358 g/mol. The van der Waals surface area contributed by atoms with Gasteiger partial charge in [0.05, 0.1) is 12.8 Å². The van der Waals surface area contributed by atoms with Crippen LogP contribution in [0.3, 0.4) is 0 Å². The van der Waals surface area contributed by atoms with Gasteiger partial charge in [-0.15, -0.1) is 10.2 Å². The van der Waals surface area contributed by atoms with Crippen LogP contribution >= 0.6 is 0 Å². The van der Waals surface area contributed by atoms with Gasteiger partial charge in [0.25, 0.3) is 0 Å². The number of azo groups is 1. The number of ether oxygens (including phenoxy) is 1. The van der Waals surface area contributed by atoms with E-state index in [1.165, 1.54) is 0 Å². The minimum Gasteiger partial charge on any atom is -0.504 e. The molecule has 0 aliphatic rings. The number of methoxy groups -OCH3 is 1. The number of fused-ring (bicyclic) bond motifs is 1. The van der Waals surface area contributed by atoms with Crippen LogP contribution in [-0.4, -0.2) is 21.6 Å². The predicted molar refractivity (Wildman–Crippen MR) is 104 cm³/mol. The molecule has 2 heterocycles. The zero-order chi connectivity index (χ0) is 18.8. The first-order valence-corrected chi connectivity index (χ1v) is 8.48. The molecule has 4 rings (SSSR count). The van der Waals surface area contributed by atoms with Gasteiger partial charge in [-0.05, 0) is 31.2 Å². The fourth-order valence-electron chi connectivity index (χ4n) is 2.82. The van der Waals surface area contributed by atoms with Crippen LogP contribution in [0, 0.1) is 6.92 Å². The van der Waals surface area contributed by atoms with Crippen molar-refractivity contribution in [1.82, 2.24) is 9.38 Å². The molecular weight excluding hydrogens is 340 g/mol. The largest absolute Gasteiger partial charge is 0.504 e. The van der Waals surface area contributed by atoms with Crippen LogP contribution in [0.5, 0.6) is 11.5 Å². The molecule has 0 bridgehead atoms. The number of aromatic hydroxyl groups is 1. The fraction of sp³-hybridized carbons (Fsp3) is 0.0952. The van der Waals surface area contributed by atoms with Crippen molar-refractivity contribution in [2.45, 2.75) is 6.92 Å². The number of hydrogen-bond acceptors (Lipinski definition) is 5. The first kappa shape index (κ1) is 16.8. The second kappa shape index (κ2) is 6.92. The van der Waals surface area contributed by atoms with Gasteiger partial charge in [0.15, 0.2) is 17.2 Å². The van der Waals surface area contributed by atoms with Crippen molar-refractivity contribution in [2.24, 2.45) is 10.2 Å². The standard InChI is InChI=1S/C21H18N4O2/c1-14-8-10-15(11-9-14)19-21(25-12-4-7-18(26)20(25)22-19)24-23-16-5-3-6-17(13-16)27-2/h3-13,26H,1-2H3. The van der Waals surface area contributed by atoms with Crippen molar-refractivity contribution in [3.05, 3.63) is 72.4 Å². The Morgan fingerprint density at radius 2 is 1.81 bits per heavy atom. The SMILES string of the molecule is COc1cccc(N=Nc2c(-c3ccc(C)cc3)nc3c(O)cccn23)c1. The van der Waals surface area contributed by atoms with Crippen molar-refractivity contribution in [2.75, 3.05) is 7.11 Å². The molecular formula is C21H18N4O2. The van der Waals surface area contributed by atoms with E-state index in [0.717, 1.165) is 11.1 Å². The lowest BCUT2D eigenvalue weighted by molar-refractivity contribution is 0.415. The summed E-state index contributed by atoms with van der Waals surface area (Å²) in [6.07, 6.45) is 1.81. The summed E-state index contributed by atoms with van der Waals surface area (Å²) in [6, 6.07) is 18.7. The van der Waals surface area contributed by atoms with Crippen molar-refractivity contribution in [3.8, 4) is 22.8 Å². The summed E-state index contributed by atoms with van der Waals surface area (Å²) < 4.78 is 6.96. The Kier molecular flexibility index (Phi) is 4.30. The maximum Gasteiger partial charge on any atom is 0.187 e. The lowest BCUT2D eigenvalue weighted by atomic mass is 10.1. The third-order valence-electron chi connectivity index (χ3n) is 4.24. The van der Waals surface area contributed by atoms with Crippen LogP contribution in [0.25, 0.3) is 16.9 Å². The predicted octanol–water partition coefficient (Wildman–Crippen LogP) is 5.44. The topological polar surface area (TPSA) is 71.5 Å². The highest BCUT2D eigenvalue weighted by atomic mass is 16.5. The Balaban J connectivity index is 1.87. The quantitative estimate of drug-likeness (QED) is 0.494. The Hall–Kier alpha value is -3.67. The number of aryl methyl sites for hydroxylation is 1. The van der Waals surface area contributed by atoms with Gasteiger partial charge in [0.2, 0.25) is 0 Å². The lowest BCUT2D eigenvalue weighted by Gasteiger charge is -2.01. The average Bonchev–Trinajstić information content (AvgIpc) is 3.07. The smallest absolute Gasteiger partial charge is 0.187 e. The third kappa shape index (κ3) is 3.25. The molecule has 0 spiro atoms. The van der Waals surface area contributed by atoms with Crippen molar-refractivity contribution >= 4 is 17.2 Å². The maximum atomic E-state index is 10.2. The molecule has 0 atom stereocenters. The molecule has 0 aliphatic carbocycles. The lowest BCUT2D eigenvalue weighted by Crippen LogP contribution is -1.83. The molecule has 0 aliphatic heterocycles. The first-order chi connectivity index (χ1) is 13.2.